The summed E-state index contributed by atoms with van der Waals surface area (Å²) < 4.78 is 13.1. The molecule has 1 aliphatic heterocycles. The third-order valence-corrected chi connectivity index (χ3v) is 2.94. The van der Waals surface area contributed by atoms with Gasteiger partial charge in [0.25, 0.3) is 0 Å². The second-order valence-corrected chi connectivity index (χ2v) is 4.33. The van der Waals surface area contributed by atoms with E-state index in [1.807, 2.05) is 6.07 Å². The first kappa shape index (κ1) is 10.9. The highest BCUT2D eigenvalue weighted by Gasteiger charge is 2.20. The van der Waals surface area contributed by atoms with E-state index in [0.29, 0.717) is 13.1 Å². The number of aliphatic hydroxyl groups is 1. The summed E-state index contributed by atoms with van der Waals surface area (Å²) in [6.45, 7) is 2.21. The molecular weight excluding hydrogens is 217 g/mol. The van der Waals surface area contributed by atoms with Crippen molar-refractivity contribution in [3.05, 3.63) is 34.6 Å². The van der Waals surface area contributed by atoms with Crippen molar-refractivity contribution in [3.63, 3.8) is 0 Å². The van der Waals surface area contributed by atoms with Crippen LogP contribution in [0.2, 0.25) is 5.02 Å². The first-order valence-corrected chi connectivity index (χ1v) is 5.37. The van der Waals surface area contributed by atoms with Crippen molar-refractivity contribution in [2.24, 2.45) is 0 Å². The number of hydrogen-bond donors (Lipinski definition) is 1. The molecule has 1 heterocycles. The van der Waals surface area contributed by atoms with Crippen LogP contribution in [0.5, 0.6) is 0 Å². The number of β-amino-alcohol motifs (C(OH)–C–C–N with tert-alkyl or cyclic N) is 1. The van der Waals surface area contributed by atoms with Gasteiger partial charge >= 0.3 is 0 Å². The molecule has 2 nitrogen and oxygen atoms in total. The third kappa shape index (κ3) is 2.68. The van der Waals surface area contributed by atoms with Crippen molar-refractivity contribution in [1.29, 1.82) is 0 Å². The third-order valence-electron chi connectivity index (χ3n) is 2.64. The molecule has 0 amide bonds. The van der Waals surface area contributed by atoms with Crippen LogP contribution in [0, 0.1) is 5.82 Å². The number of benzene rings is 1. The molecule has 4 heteroatoms. The fourth-order valence-corrected chi connectivity index (χ4v) is 1.97. The first-order valence-electron chi connectivity index (χ1n) is 4.99. The molecule has 1 saturated heterocycles. The first-order chi connectivity index (χ1) is 7.15. The van der Waals surface area contributed by atoms with Crippen LogP contribution in [-0.2, 0) is 6.54 Å². The van der Waals surface area contributed by atoms with Crippen LogP contribution >= 0.6 is 11.6 Å². The molecule has 1 N–H and O–H groups in total. The second-order valence-electron chi connectivity index (χ2n) is 3.93. The highest BCUT2D eigenvalue weighted by Crippen LogP contribution is 2.18. The molecule has 0 spiro atoms. The zero-order valence-electron chi connectivity index (χ0n) is 8.29. The molecule has 1 fully saturated rings. The summed E-state index contributed by atoms with van der Waals surface area (Å²) in [5.41, 5.74) is 0.894. The summed E-state index contributed by atoms with van der Waals surface area (Å²) in [5.74, 6) is -0.381. The summed E-state index contributed by atoms with van der Waals surface area (Å²) in [7, 11) is 0. The van der Waals surface area contributed by atoms with E-state index in [2.05, 4.69) is 4.90 Å². The van der Waals surface area contributed by atoms with Crippen LogP contribution in [0.25, 0.3) is 0 Å². The van der Waals surface area contributed by atoms with E-state index in [0.717, 1.165) is 18.5 Å². The maximum absolute atomic E-state index is 13.1. The lowest BCUT2D eigenvalue weighted by Gasteiger charge is -2.14. The predicted molar refractivity (Wildman–Crippen MR) is 57.3 cm³/mol. The van der Waals surface area contributed by atoms with Gasteiger partial charge in [0.1, 0.15) is 5.82 Å². The summed E-state index contributed by atoms with van der Waals surface area (Å²) in [6.07, 6.45) is 0.568. The van der Waals surface area contributed by atoms with E-state index in [1.165, 1.54) is 6.07 Å². The number of rotatable bonds is 2. The molecule has 0 saturated carbocycles. The van der Waals surface area contributed by atoms with Crippen molar-refractivity contribution < 1.29 is 9.50 Å². The van der Waals surface area contributed by atoms with Crippen molar-refractivity contribution >= 4 is 11.6 Å². The molecule has 0 unspecified atom stereocenters. The molecule has 1 aromatic rings. The Hall–Kier alpha value is -0.640. The summed E-state index contributed by atoms with van der Waals surface area (Å²) in [5, 5.41) is 9.49. The standard InChI is InChI=1S/C11H13ClFNO/c12-10-2-1-8(5-11(10)13)6-14-4-3-9(15)7-14/h1-2,5,9,15H,3-4,6-7H2/t9-/m1/s1. The largest absolute Gasteiger partial charge is 0.392 e. The van der Waals surface area contributed by atoms with Crippen LogP contribution in [-0.4, -0.2) is 29.2 Å². The monoisotopic (exact) mass is 229 g/mol. The average Bonchev–Trinajstić information content (AvgIpc) is 2.58. The van der Waals surface area contributed by atoms with Gasteiger partial charge in [-0.15, -0.1) is 0 Å². The lowest BCUT2D eigenvalue weighted by molar-refractivity contribution is 0.175. The van der Waals surface area contributed by atoms with E-state index >= 15 is 0 Å². The maximum Gasteiger partial charge on any atom is 0.142 e. The molecule has 0 aromatic heterocycles. The van der Waals surface area contributed by atoms with E-state index in [-0.39, 0.29) is 16.9 Å². The molecular formula is C11H13ClFNO. The Labute approximate surface area is 93.3 Å². The Morgan fingerprint density at radius 3 is 2.93 bits per heavy atom. The van der Waals surface area contributed by atoms with Crippen LogP contribution in [0.3, 0.4) is 0 Å². The number of likely N-dealkylation sites (tertiary alicyclic amines) is 1. The molecule has 82 valence electrons. The summed E-state index contributed by atoms with van der Waals surface area (Å²) in [6, 6.07) is 4.84. The fraction of sp³-hybridized carbons (Fsp3) is 0.455. The van der Waals surface area contributed by atoms with Crippen LogP contribution in [0.1, 0.15) is 12.0 Å². The number of aliphatic hydroxyl groups excluding tert-OH is 1. The van der Waals surface area contributed by atoms with Gasteiger partial charge in [-0.05, 0) is 24.1 Å². The fourth-order valence-electron chi connectivity index (χ4n) is 1.85. The maximum atomic E-state index is 13.1. The highest BCUT2D eigenvalue weighted by atomic mass is 35.5. The molecule has 1 atom stereocenters. The van der Waals surface area contributed by atoms with E-state index in [9.17, 15) is 9.50 Å². The predicted octanol–water partition coefficient (Wildman–Crippen LogP) is 2.05. The van der Waals surface area contributed by atoms with Gasteiger partial charge in [0.15, 0.2) is 0 Å². The summed E-state index contributed by atoms with van der Waals surface area (Å²) in [4.78, 5) is 2.10. The van der Waals surface area contributed by atoms with Crippen molar-refractivity contribution in [1.82, 2.24) is 4.90 Å². The number of nitrogens with zero attached hydrogens (tertiary/aromatic N) is 1. The highest BCUT2D eigenvalue weighted by molar-refractivity contribution is 6.30. The van der Waals surface area contributed by atoms with Crippen LogP contribution < -0.4 is 0 Å². The molecule has 0 radical (unpaired) electrons. The topological polar surface area (TPSA) is 23.5 Å². The van der Waals surface area contributed by atoms with E-state index in [1.54, 1.807) is 6.07 Å². The molecule has 1 aromatic carbocycles. The van der Waals surface area contributed by atoms with Gasteiger partial charge in [-0.2, -0.15) is 0 Å². The summed E-state index contributed by atoms with van der Waals surface area (Å²) >= 11 is 5.59. The lowest BCUT2D eigenvalue weighted by Crippen LogP contribution is -2.21. The van der Waals surface area contributed by atoms with Crippen molar-refractivity contribution in [2.45, 2.75) is 19.1 Å². The molecule has 15 heavy (non-hydrogen) atoms. The van der Waals surface area contributed by atoms with Crippen LogP contribution in [0.4, 0.5) is 4.39 Å². The Bertz CT molecular complexity index is 358. The van der Waals surface area contributed by atoms with Gasteiger partial charge in [-0.1, -0.05) is 17.7 Å². The SMILES string of the molecule is O[C@@H]1CCN(Cc2ccc(Cl)c(F)c2)C1. The zero-order valence-corrected chi connectivity index (χ0v) is 9.04. The van der Waals surface area contributed by atoms with Gasteiger partial charge in [0.05, 0.1) is 11.1 Å². The molecule has 0 aliphatic carbocycles. The minimum absolute atomic E-state index is 0.153. The Balaban J connectivity index is 2.02. The average molecular weight is 230 g/mol. The second kappa shape index (κ2) is 4.47. The van der Waals surface area contributed by atoms with Gasteiger partial charge in [0.2, 0.25) is 0 Å². The lowest BCUT2D eigenvalue weighted by atomic mass is 10.2. The van der Waals surface area contributed by atoms with Gasteiger partial charge in [-0.25, -0.2) is 4.39 Å². The smallest absolute Gasteiger partial charge is 0.142 e. The zero-order chi connectivity index (χ0) is 10.8. The Kier molecular flexibility index (Phi) is 3.24. The van der Waals surface area contributed by atoms with Crippen molar-refractivity contribution in [2.75, 3.05) is 13.1 Å². The van der Waals surface area contributed by atoms with E-state index < -0.39 is 0 Å². The quantitative estimate of drug-likeness (QED) is 0.839. The molecule has 0 bridgehead atoms. The van der Waals surface area contributed by atoms with Gasteiger partial charge in [0, 0.05) is 19.6 Å². The molecule has 1 aliphatic rings. The Morgan fingerprint density at radius 2 is 2.33 bits per heavy atom. The van der Waals surface area contributed by atoms with Gasteiger partial charge < -0.3 is 5.11 Å². The van der Waals surface area contributed by atoms with Crippen molar-refractivity contribution in [3.8, 4) is 0 Å². The number of hydrogen-bond acceptors (Lipinski definition) is 2. The normalized spacial score (nSPS) is 22.2. The van der Waals surface area contributed by atoms with Crippen LogP contribution in [0.15, 0.2) is 18.2 Å². The Morgan fingerprint density at radius 1 is 1.53 bits per heavy atom. The van der Waals surface area contributed by atoms with Gasteiger partial charge in [-0.3, -0.25) is 4.90 Å². The molecule has 2 rings (SSSR count). The minimum Gasteiger partial charge on any atom is -0.392 e. The van der Waals surface area contributed by atoms with E-state index in [4.69, 9.17) is 11.6 Å². The minimum atomic E-state index is -0.381. The number of halogens is 2.